The van der Waals surface area contributed by atoms with Crippen LogP contribution in [0.4, 0.5) is 0 Å². The van der Waals surface area contributed by atoms with Gasteiger partial charge in [-0.25, -0.2) is 0 Å². The average Bonchev–Trinajstić information content (AvgIpc) is 2.18. The first kappa shape index (κ1) is 12.7. The van der Waals surface area contributed by atoms with Crippen LogP contribution >= 0.6 is 0 Å². The zero-order chi connectivity index (χ0) is 12.3. The topological polar surface area (TPSA) is 130 Å². The standard InChI is InChI=1S/C8H11NO6S/c9-4-7(11)5-1-2-8(6(10)3-5)15-16(12,13)14/h1-3,7,10-11H,4,9H2,(H,12,13,14)/t7-/m0/s1. The van der Waals surface area contributed by atoms with E-state index >= 15 is 0 Å². The average molecular weight is 249 g/mol. The second kappa shape index (κ2) is 4.66. The number of aliphatic hydroxyl groups is 1. The number of phenolic OH excluding ortho intramolecular Hbond substituents is 1. The molecule has 1 aromatic carbocycles. The smallest absolute Gasteiger partial charge is 0.446 e. The Morgan fingerprint density at radius 2 is 2.06 bits per heavy atom. The summed E-state index contributed by atoms with van der Waals surface area (Å²) < 4.78 is 33.2. The number of hydrogen-bond donors (Lipinski definition) is 4. The van der Waals surface area contributed by atoms with Crippen molar-refractivity contribution in [2.75, 3.05) is 6.54 Å². The van der Waals surface area contributed by atoms with Gasteiger partial charge in [0.25, 0.3) is 0 Å². The molecule has 0 amide bonds. The van der Waals surface area contributed by atoms with E-state index in [-0.39, 0.29) is 6.54 Å². The highest BCUT2D eigenvalue weighted by Crippen LogP contribution is 2.29. The first-order valence-electron chi connectivity index (χ1n) is 4.21. The Kier molecular flexibility index (Phi) is 3.70. The third-order valence-electron chi connectivity index (χ3n) is 1.79. The molecule has 0 aliphatic carbocycles. The monoisotopic (exact) mass is 249 g/mol. The van der Waals surface area contributed by atoms with Crippen LogP contribution < -0.4 is 9.92 Å². The van der Waals surface area contributed by atoms with E-state index in [0.717, 1.165) is 12.1 Å². The van der Waals surface area contributed by atoms with Crippen LogP contribution in [0.2, 0.25) is 0 Å². The largest absolute Gasteiger partial charge is 0.504 e. The normalized spacial score (nSPS) is 13.4. The maximum atomic E-state index is 10.4. The summed E-state index contributed by atoms with van der Waals surface area (Å²) in [4.78, 5) is 0. The summed E-state index contributed by atoms with van der Waals surface area (Å²) >= 11 is 0. The van der Waals surface area contributed by atoms with Crippen molar-refractivity contribution < 1.29 is 27.4 Å². The van der Waals surface area contributed by atoms with Gasteiger partial charge in [0.15, 0.2) is 11.5 Å². The van der Waals surface area contributed by atoms with Crippen LogP contribution in [0, 0.1) is 0 Å². The Balaban J connectivity index is 3.01. The van der Waals surface area contributed by atoms with E-state index in [0.29, 0.717) is 5.56 Å². The Morgan fingerprint density at radius 1 is 1.44 bits per heavy atom. The highest BCUT2D eigenvalue weighted by atomic mass is 32.3. The van der Waals surface area contributed by atoms with E-state index < -0.39 is 28.0 Å². The predicted molar refractivity (Wildman–Crippen MR) is 54.3 cm³/mol. The molecular weight excluding hydrogens is 238 g/mol. The zero-order valence-corrected chi connectivity index (χ0v) is 8.88. The van der Waals surface area contributed by atoms with E-state index in [9.17, 15) is 18.6 Å². The van der Waals surface area contributed by atoms with Crippen LogP contribution in [0.3, 0.4) is 0 Å². The maximum absolute atomic E-state index is 10.4. The highest BCUT2D eigenvalue weighted by molar-refractivity contribution is 7.81. The Hall–Kier alpha value is -1.35. The lowest BCUT2D eigenvalue weighted by Gasteiger charge is -2.10. The third-order valence-corrected chi connectivity index (χ3v) is 2.18. The first-order valence-corrected chi connectivity index (χ1v) is 5.58. The van der Waals surface area contributed by atoms with E-state index in [1.54, 1.807) is 0 Å². The van der Waals surface area contributed by atoms with Crippen LogP contribution in [0.1, 0.15) is 11.7 Å². The van der Waals surface area contributed by atoms with Gasteiger partial charge in [-0.15, -0.1) is 0 Å². The second-order valence-corrected chi connectivity index (χ2v) is 4.01. The van der Waals surface area contributed by atoms with Gasteiger partial charge in [-0.2, -0.15) is 8.42 Å². The molecule has 0 spiro atoms. The van der Waals surface area contributed by atoms with Crippen molar-refractivity contribution in [3.8, 4) is 11.5 Å². The molecule has 8 heteroatoms. The van der Waals surface area contributed by atoms with Gasteiger partial charge in [-0.1, -0.05) is 6.07 Å². The number of hydrogen-bond acceptors (Lipinski definition) is 6. The van der Waals surface area contributed by atoms with Gasteiger partial charge >= 0.3 is 10.4 Å². The SMILES string of the molecule is NC[C@H](O)c1ccc(OS(=O)(=O)O)c(O)c1. The number of rotatable bonds is 4. The summed E-state index contributed by atoms with van der Waals surface area (Å²) in [6, 6.07) is 3.51. The summed E-state index contributed by atoms with van der Waals surface area (Å²) in [6.07, 6.45) is -0.967. The van der Waals surface area contributed by atoms with Crippen molar-refractivity contribution in [2.24, 2.45) is 5.73 Å². The number of phenols is 1. The van der Waals surface area contributed by atoms with E-state index in [1.165, 1.54) is 6.07 Å². The van der Waals surface area contributed by atoms with Crippen molar-refractivity contribution in [1.82, 2.24) is 0 Å². The van der Waals surface area contributed by atoms with Crippen molar-refractivity contribution in [2.45, 2.75) is 6.10 Å². The van der Waals surface area contributed by atoms with Crippen molar-refractivity contribution in [1.29, 1.82) is 0 Å². The van der Waals surface area contributed by atoms with Crippen LogP contribution in [-0.4, -0.2) is 29.7 Å². The van der Waals surface area contributed by atoms with Crippen LogP contribution in [0.5, 0.6) is 11.5 Å². The lowest BCUT2D eigenvalue weighted by molar-refractivity contribution is 0.186. The van der Waals surface area contributed by atoms with Gasteiger partial charge < -0.3 is 20.1 Å². The zero-order valence-electron chi connectivity index (χ0n) is 8.07. The Morgan fingerprint density at radius 3 is 2.50 bits per heavy atom. The molecule has 0 heterocycles. The number of aromatic hydroxyl groups is 1. The molecule has 0 radical (unpaired) electrons. The lowest BCUT2D eigenvalue weighted by Crippen LogP contribution is -2.11. The molecule has 0 bridgehead atoms. The van der Waals surface area contributed by atoms with Gasteiger partial charge in [0.2, 0.25) is 0 Å². The van der Waals surface area contributed by atoms with Gasteiger partial charge in [0.05, 0.1) is 6.10 Å². The van der Waals surface area contributed by atoms with Crippen molar-refractivity contribution in [3.63, 3.8) is 0 Å². The Labute approximate surface area is 92.0 Å². The highest BCUT2D eigenvalue weighted by Gasteiger charge is 2.13. The van der Waals surface area contributed by atoms with Gasteiger partial charge in [-0.3, -0.25) is 4.55 Å². The van der Waals surface area contributed by atoms with Gasteiger partial charge in [0, 0.05) is 6.54 Å². The molecule has 0 fully saturated rings. The molecule has 1 rings (SSSR count). The molecule has 0 aromatic heterocycles. The fourth-order valence-corrected chi connectivity index (χ4v) is 1.43. The summed E-state index contributed by atoms with van der Waals surface area (Å²) in [5, 5.41) is 18.7. The molecule has 0 saturated carbocycles. The van der Waals surface area contributed by atoms with Crippen molar-refractivity contribution in [3.05, 3.63) is 23.8 Å². The summed E-state index contributed by atoms with van der Waals surface area (Å²) in [6.45, 7) is -0.0437. The third kappa shape index (κ3) is 3.35. The maximum Gasteiger partial charge on any atom is 0.446 e. The summed E-state index contributed by atoms with van der Waals surface area (Å²) in [7, 11) is -4.69. The minimum atomic E-state index is -4.69. The van der Waals surface area contributed by atoms with Crippen LogP contribution in [0.25, 0.3) is 0 Å². The van der Waals surface area contributed by atoms with E-state index in [4.69, 9.17) is 10.3 Å². The molecule has 90 valence electrons. The van der Waals surface area contributed by atoms with E-state index in [1.807, 2.05) is 0 Å². The molecule has 5 N–H and O–H groups in total. The molecule has 0 aliphatic heterocycles. The molecule has 1 atom stereocenters. The fraction of sp³-hybridized carbons (Fsp3) is 0.250. The molecule has 0 unspecified atom stereocenters. The van der Waals surface area contributed by atoms with Crippen LogP contribution in [-0.2, 0) is 10.4 Å². The first-order chi connectivity index (χ1) is 7.33. The van der Waals surface area contributed by atoms with E-state index in [2.05, 4.69) is 4.18 Å². The summed E-state index contributed by atoms with van der Waals surface area (Å²) in [5.41, 5.74) is 5.50. The quantitative estimate of drug-likeness (QED) is 0.532. The molecule has 0 aliphatic rings. The molecule has 16 heavy (non-hydrogen) atoms. The van der Waals surface area contributed by atoms with Gasteiger partial charge in [-0.05, 0) is 17.7 Å². The molecule has 7 nitrogen and oxygen atoms in total. The fourth-order valence-electron chi connectivity index (χ4n) is 1.06. The number of nitrogens with two attached hydrogens (primary N) is 1. The predicted octanol–water partition coefficient (Wildman–Crippen LogP) is -0.434. The molecule has 0 saturated heterocycles. The molecule has 1 aromatic rings. The van der Waals surface area contributed by atoms with Crippen LogP contribution in [0.15, 0.2) is 18.2 Å². The Bertz CT molecular complexity index is 471. The number of benzene rings is 1. The lowest BCUT2D eigenvalue weighted by atomic mass is 10.1. The molecular formula is C8H11NO6S. The number of aliphatic hydroxyl groups excluding tert-OH is 1. The minimum Gasteiger partial charge on any atom is -0.504 e. The van der Waals surface area contributed by atoms with Gasteiger partial charge in [0.1, 0.15) is 0 Å². The minimum absolute atomic E-state index is 0.0437. The van der Waals surface area contributed by atoms with Crippen molar-refractivity contribution >= 4 is 10.4 Å². The second-order valence-electron chi connectivity index (χ2n) is 2.99. The summed E-state index contributed by atoms with van der Waals surface area (Å²) in [5.74, 6) is -0.960.